The number of H-pyrrole nitrogens is 1. The number of piperazine rings is 1. The first-order chi connectivity index (χ1) is 12.2. The van der Waals surface area contributed by atoms with E-state index in [2.05, 4.69) is 57.2 Å². The SMILES string of the molecule is CN1CCN(CC(=O)N2CCC(c3c[nH]c4ccccc34)CC2)CC1. The van der Waals surface area contributed by atoms with E-state index in [4.69, 9.17) is 0 Å². The standard InChI is InChI=1S/C20H28N4O/c1-22-10-12-23(13-11-22)15-20(25)24-8-6-16(7-9-24)18-14-21-19-5-3-2-4-17(18)19/h2-5,14,16,21H,6-13,15H2,1H3. The zero-order valence-electron chi connectivity index (χ0n) is 15.1. The van der Waals surface area contributed by atoms with E-state index in [-0.39, 0.29) is 0 Å². The number of para-hydroxylation sites is 1. The Bertz CT molecular complexity index is 724. The molecule has 2 aliphatic heterocycles. The predicted octanol–water partition coefficient (Wildman–Crippen LogP) is 2.12. The van der Waals surface area contributed by atoms with Gasteiger partial charge in [-0.25, -0.2) is 0 Å². The highest BCUT2D eigenvalue weighted by Gasteiger charge is 2.26. The summed E-state index contributed by atoms with van der Waals surface area (Å²) in [4.78, 5) is 22.7. The van der Waals surface area contributed by atoms with Gasteiger partial charge in [-0.1, -0.05) is 18.2 Å². The van der Waals surface area contributed by atoms with Gasteiger partial charge in [0.15, 0.2) is 0 Å². The molecule has 2 saturated heterocycles. The van der Waals surface area contributed by atoms with Gasteiger partial charge in [0, 0.05) is 56.4 Å². The van der Waals surface area contributed by atoms with Gasteiger partial charge in [-0.05, 0) is 37.4 Å². The summed E-state index contributed by atoms with van der Waals surface area (Å²) >= 11 is 0. The Morgan fingerprint density at radius 2 is 1.80 bits per heavy atom. The second-order valence-electron chi connectivity index (χ2n) is 7.52. The summed E-state index contributed by atoms with van der Waals surface area (Å²) in [5.74, 6) is 0.866. The molecule has 2 aromatic rings. The molecule has 3 heterocycles. The molecule has 0 atom stereocenters. The number of rotatable bonds is 3. The van der Waals surface area contributed by atoms with Crippen molar-refractivity contribution in [1.29, 1.82) is 0 Å². The zero-order chi connectivity index (χ0) is 17.2. The van der Waals surface area contributed by atoms with E-state index in [9.17, 15) is 4.79 Å². The third-order valence-electron chi connectivity index (χ3n) is 5.86. The lowest BCUT2D eigenvalue weighted by Gasteiger charge is -2.36. The van der Waals surface area contributed by atoms with Crippen LogP contribution >= 0.6 is 0 Å². The number of likely N-dealkylation sites (tertiary alicyclic amines) is 1. The summed E-state index contributed by atoms with van der Waals surface area (Å²) < 4.78 is 0. The minimum absolute atomic E-state index is 0.307. The maximum absolute atomic E-state index is 12.6. The van der Waals surface area contributed by atoms with Crippen molar-refractivity contribution in [1.82, 2.24) is 19.7 Å². The van der Waals surface area contributed by atoms with E-state index >= 15 is 0 Å². The van der Waals surface area contributed by atoms with Gasteiger partial charge in [0.25, 0.3) is 0 Å². The normalized spacial score (nSPS) is 21.1. The summed E-state index contributed by atoms with van der Waals surface area (Å²) in [5, 5.41) is 1.34. The molecule has 0 aliphatic carbocycles. The zero-order valence-corrected chi connectivity index (χ0v) is 15.1. The fraction of sp³-hybridized carbons (Fsp3) is 0.550. The molecule has 0 spiro atoms. The molecular weight excluding hydrogens is 312 g/mol. The van der Waals surface area contributed by atoms with Gasteiger partial charge < -0.3 is 14.8 Å². The first kappa shape index (κ1) is 16.6. The van der Waals surface area contributed by atoms with Crippen molar-refractivity contribution in [3.8, 4) is 0 Å². The lowest BCUT2D eigenvalue weighted by molar-refractivity contribution is -0.133. The van der Waals surface area contributed by atoms with Crippen LogP contribution in [0.15, 0.2) is 30.5 Å². The number of carbonyl (C=O) groups is 1. The monoisotopic (exact) mass is 340 g/mol. The molecule has 0 radical (unpaired) electrons. The van der Waals surface area contributed by atoms with Crippen LogP contribution < -0.4 is 0 Å². The molecule has 1 amide bonds. The number of carbonyl (C=O) groups excluding carboxylic acids is 1. The topological polar surface area (TPSA) is 42.6 Å². The van der Waals surface area contributed by atoms with E-state index < -0.39 is 0 Å². The van der Waals surface area contributed by atoms with Crippen molar-refractivity contribution in [2.45, 2.75) is 18.8 Å². The molecule has 4 rings (SSSR count). The fourth-order valence-electron chi connectivity index (χ4n) is 4.17. The van der Waals surface area contributed by atoms with Gasteiger partial charge in [0.05, 0.1) is 6.54 Å². The second-order valence-corrected chi connectivity index (χ2v) is 7.52. The van der Waals surface area contributed by atoms with Crippen LogP contribution in [0.5, 0.6) is 0 Å². The van der Waals surface area contributed by atoms with Gasteiger partial charge in [0.1, 0.15) is 0 Å². The van der Waals surface area contributed by atoms with Crippen LogP contribution in [0.2, 0.25) is 0 Å². The molecule has 2 fully saturated rings. The Morgan fingerprint density at radius 3 is 2.56 bits per heavy atom. The largest absolute Gasteiger partial charge is 0.361 e. The van der Waals surface area contributed by atoms with Crippen LogP contribution in [-0.4, -0.2) is 78.5 Å². The van der Waals surface area contributed by atoms with Crippen LogP contribution in [0.4, 0.5) is 0 Å². The minimum atomic E-state index is 0.307. The van der Waals surface area contributed by atoms with Gasteiger partial charge in [-0.3, -0.25) is 9.69 Å². The molecular formula is C20H28N4O. The summed E-state index contributed by atoms with van der Waals surface area (Å²) in [6.45, 7) is 6.51. The van der Waals surface area contributed by atoms with Gasteiger partial charge >= 0.3 is 0 Å². The number of nitrogens with one attached hydrogen (secondary N) is 1. The summed E-state index contributed by atoms with van der Waals surface area (Å²) in [6.07, 6.45) is 4.30. The van der Waals surface area contributed by atoms with E-state index in [1.54, 1.807) is 0 Å². The van der Waals surface area contributed by atoms with Crippen LogP contribution in [0.25, 0.3) is 10.9 Å². The Balaban J connectivity index is 1.33. The molecule has 1 N–H and O–H groups in total. The van der Waals surface area contributed by atoms with Crippen LogP contribution in [0.1, 0.15) is 24.3 Å². The second kappa shape index (κ2) is 7.18. The number of hydrogen-bond donors (Lipinski definition) is 1. The molecule has 5 nitrogen and oxygen atoms in total. The maximum atomic E-state index is 12.6. The van der Waals surface area contributed by atoms with Gasteiger partial charge in [0.2, 0.25) is 5.91 Å². The summed E-state index contributed by atoms with van der Waals surface area (Å²) in [5.41, 5.74) is 2.63. The quantitative estimate of drug-likeness (QED) is 0.931. The highest BCUT2D eigenvalue weighted by atomic mass is 16.2. The number of nitrogens with zero attached hydrogens (tertiary/aromatic N) is 3. The van der Waals surface area contributed by atoms with Crippen LogP contribution in [0.3, 0.4) is 0 Å². The average molecular weight is 340 g/mol. The van der Waals surface area contributed by atoms with E-state index in [0.29, 0.717) is 18.4 Å². The molecule has 134 valence electrons. The Morgan fingerprint density at radius 1 is 1.08 bits per heavy atom. The van der Waals surface area contributed by atoms with Crippen LogP contribution in [0, 0.1) is 0 Å². The maximum Gasteiger partial charge on any atom is 0.236 e. The van der Waals surface area contributed by atoms with E-state index in [0.717, 1.165) is 52.1 Å². The third kappa shape index (κ3) is 3.58. The number of amides is 1. The van der Waals surface area contributed by atoms with Gasteiger partial charge in [-0.15, -0.1) is 0 Å². The number of likely N-dealkylation sites (N-methyl/N-ethyl adjacent to an activating group) is 1. The number of aromatic nitrogens is 1. The minimum Gasteiger partial charge on any atom is -0.361 e. The predicted molar refractivity (Wildman–Crippen MR) is 101 cm³/mol. The number of fused-ring (bicyclic) bond motifs is 1. The first-order valence-corrected chi connectivity index (χ1v) is 9.45. The van der Waals surface area contributed by atoms with E-state index in [1.807, 2.05) is 0 Å². The fourth-order valence-corrected chi connectivity index (χ4v) is 4.17. The highest BCUT2D eigenvalue weighted by Crippen LogP contribution is 2.33. The average Bonchev–Trinajstić information content (AvgIpc) is 3.08. The number of hydrogen-bond acceptors (Lipinski definition) is 3. The molecule has 0 saturated carbocycles. The Hall–Kier alpha value is -1.85. The first-order valence-electron chi connectivity index (χ1n) is 9.45. The smallest absolute Gasteiger partial charge is 0.236 e. The lowest BCUT2D eigenvalue weighted by Crippen LogP contribution is -2.49. The molecule has 1 aromatic carbocycles. The lowest BCUT2D eigenvalue weighted by atomic mass is 9.89. The molecule has 25 heavy (non-hydrogen) atoms. The van der Waals surface area contributed by atoms with Crippen molar-refractivity contribution < 1.29 is 4.79 Å². The molecule has 2 aliphatic rings. The number of piperidine rings is 1. The van der Waals surface area contributed by atoms with Crippen LogP contribution in [-0.2, 0) is 4.79 Å². The molecule has 1 aromatic heterocycles. The Labute approximate surface area is 149 Å². The highest BCUT2D eigenvalue weighted by molar-refractivity contribution is 5.83. The summed E-state index contributed by atoms with van der Waals surface area (Å²) in [7, 11) is 2.15. The van der Waals surface area contributed by atoms with E-state index in [1.165, 1.54) is 16.5 Å². The van der Waals surface area contributed by atoms with Crippen molar-refractivity contribution in [3.63, 3.8) is 0 Å². The van der Waals surface area contributed by atoms with Gasteiger partial charge in [-0.2, -0.15) is 0 Å². The molecule has 5 heteroatoms. The number of benzene rings is 1. The van der Waals surface area contributed by atoms with Crippen molar-refractivity contribution in [3.05, 3.63) is 36.0 Å². The molecule has 0 unspecified atom stereocenters. The Kier molecular flexibility index (Phi) is 4.77. The molecule has 0 bridgehead atoms. The summed E-state index contributed by atoms with van der Waals surface area (Å²) in [6, 6.07) is 8.51. The van der Waals surface area contributed by atoms with Crippen molar-refractivity contribution in [2.75, 3.05) is 52.9 Å². The van der Waals surface area contributed by atoms with Crippen molar-refractivity contribution in [2.24, 2.45) is 0 Å². The van der Waals surface area contributed by atoms with Crippen molar-refractivity contribution >= 4 is 16.8 Å². The number of aromatic amines is 1. The third-order valence-corrected chi connectivity index (χ3v) is 5.86.